The Morgan fingerprint density at radius 2 is 2.00 bits per heavy atom. The van der Waals surface area contributed by atoms with Crippen LogP contribution < -0.4 is 0 Å². The number of hydrogen-bond donors (Lipinski definition) is 0. The van der Waals surface area contributed by atoms with Crippen LogP contribution in [0.2, 0.25) is 0 Å². The van der Waals surface area contributed by atoms with Crippen molar-refractivity contribution in [2.75, 3.05) is 6.61 Å². The molecule has 0 saturated carbocycles. The highest BCUT2D eigenvalue weighted by Crippen LogP contribution is 1.99. The van der Waals surface area contributed by atoms with E-state index in [4.69, 9.17) is 0 Å². The summed E-state index contributed by atoms with van der Waals surface area (Å²) < 4.78 is 4.67. The third kappa shape index (κ3) is 7.67. The van der Waals surface area contributed by atoms with Gasteiger partial charge >= 0.3 is 5.97 Å². The van der Waals surface area contributed by atoms with Crippen molar-refractivity contribution in [3.63, 3.8) is 0 Å². The summed E-state index contributed by atoms with van der Waals surface area (Å²) in [5.41, 5.74) is 1.10. The Morgan fingerprint density at radius 1 is 1.33 bits per heavy atom. The molecule has 0 saturated heterocycles. The van der Waals surface area contributed by atoms with Gasteiger partial charge in [-0.2, -0.15) is 0 Å². The average Bonchev–Trinajstić information content (AvgIpc) is 2.17. The molecule has 15 heavy (non-hydrogen) atoms. The van der Waals surface area contributed by atoms with E-state index in [1.807, 2.05) is 26.0 Å². The Balaban J connectivity index is 3.85. The predicted octanol–water partition coefficient (Wildman–Crippen LogP) is 2.42. The second kappa shape index (κ2) is 7.97. The van der Waals surface area contributed by atoms with Crippen LogP contribution in [0.25, 0.3) is 0 Å². The monoisotopic (exact) mass is 210 g/mol. The normalized spacial score (nSPS) is 11.8. The Kier molecular flexibility index (Phi) is 7.24. The van der Waals surface area contributed by atoms with Crippen molar-refractivity contribution in [2.45, 2.75) is 33.6 Å². The Labute approximate surface area is 90.8 Å². The Morgan fingerprint density at radius 3 is 2.53 bits per heavy atom. The van der Waals surface area contributed by atoms with Gasteiger partial charge in [-0.15, -0.1) is 0 Å². The molecule has 0 fully saturated rings. The zero-order valence-corrected chi connectivity index (χ0v) is 9.58. The molecule has 0 aromatic heterocycles. The van der Waals surface area contributed by atoms with Crippen LogP contribution in [0.5, 0.6) is 0 Å². The fourth-order valence-corrected chi connectivity index (χ4v) is 0.918. The fraction of sp³-hybridized carbons (Fsp3) is 0.500. The van der Waals surface area contributed by atoms with Gasteiger partial charge in [0, 0.05) is 6.42 Å². The molecule has 0 aliphatic carbocycles. The van der Waals surface area contributed by atoms with Gasteiger partial charge in [0.25, 0.3) is 0 Å². The van der Waals surface area contributed by atoms with Crippen molar-refractivity contribution in [1.82, 2.24) is 0 Å². The van der Waals surface area contributed by atoms with Gasteiger partial charge in [-0.05, 0) is 20.8 Å². The first-order chi connectivity index (χ1) is 7.10. The van der Waals surface area contributed by atoms with Crippen molar-refractivity contribution in [3.05, 3.63) is 23.8 Å². The lowest BCUT2D eigenvalue weighted by atomic mass is 10.2. The fourth-order valence-electron chi connectivity index (χ4n) is 0.918. The highest BCUT2D eigenvalue weighted by molar-refractivity contribution is 5.96. The number of rotatable bonds is 6. The topological polar surface area (TPSA) is 43.4 Å². The average molecular weight is 210 g/mol. The molecule has 3 nitrogen and oxygen atoms in total. The minimum absolute atomic E-state index is 0.117. The molecule has 3 heteroatoms. The van der Waals surface area contributed by atoms with E-state index < -0.39 is 5.97 Å². The zero-order chi connectivity index (χ0) is 11.7. The summed E-state index contributed by atoms with van der Waals surface area (Å²) >= 11 is 0. The van der Waals surface area contributed by atoms with Gasteiger partial charge in [0.1, 0.15) is 12.2 Å². The number of esters is 1. The van der Waals surface area contributed by atoms with Gasteiger partial charge in [-0.1, -0.05) is 23.8 Å². The molecule has 0 atom stereocenters. The molecule has 0 radical (unpaired) electrons. The summed E-state index contributed by atoms with van der Waals surface area (Å²) in [5, 5.41) is 0. The summed E-state index contributed by atoms with van der Waals surface area (Å²) in [4.78, 5) is 22.2. The van der Waals surface area contributed by atoms with Crippen molar-refractivity contribution in [1.29, 1.82) is 0 Å². The van der Waals surface area contributed by atoms with E-state index in [1.165, 1.54) is 0 Å². The second-order valence-electron chi connectivity index (χ2n) is 3.16. The third-order valence-electron chi connectivity index (χ3n) is 1.83. The second-order valence-corrected chi connectivity index (χ2v) is 3.16. The van der Waals surface area contributed by atoms with E-state index in [0.29, 0.717) is 6.61 Å². The first-order valence-corrected chi connectivity index (χ1v) is 5.07. The molecule has 0 N–H and O–H groups in total. The van der Waals surface area contributed by atoms with Crippen molar-refractivity contribution in [2.24, 2.45) is 0 Å². The van der Waals surface area contributed by atoms with Crippen LogP contribution in [0.1, 0.15) is 33.6 Å². The Bertz CT molecular complexity index is 275. The number of carbonyl (C=O) groups excluding carboxylic acids is 2. The van der Waals surface area contributed by atoms with Crippen LogP contribution in [-0.2, 0) is 14.3 Å². The molecule has 0 amide bonds. The molecule has 0 aromatic rings. The van der Waals surface area contributed by atoms with E-state index in [0.717, 1.165) is 5.57 Å². The summed E-state index contributed by atoms with van der Waals surface area (Å²) in [6.07, 6.45) is 5.73. The van der Waals surface area contributed by atoms with Gasteiger partial charge in [0.05, 0.1) is 6.61 Å². The lowest BCUT2D eigenvalue weighted by Crippen LogP contribution is -2.10. The highest BCUT2D eigenvalue weighted by Gasteiger charge is 2.07. The number of ketones is 1. The smallest absolute Gasteiger partial charge is 0.313 e. The molecule has 0 heterocycles. The van der Waals surface area contributed by atoms with Gasteiger partial charge in [0.15, 0.2) is 0 Å². The molecule has 84 valence electrons. The molecular formula is C12H18O3. The van der Waals surface area contributed by atoms with Crippen molar-refractivity contribution < 1.29 is 14.3 Å². The lowest BCUT2D eigenvalue weighted by molar-refractivity contribution is -0.145. The minimum Gasteiger partial charge on any atom is -0.466 e. The first-order valence-electron chi connectivity index (χ1n) is 5.07. The van der Waals surface area contributed by atoms with E-state index >= 15 is 0 Å². The van der Waals surface area contributed by atoms with E-state index in [1.54, 1.807) is 13.0 Å². The third-order valence-corrected chi connectivity index (χ3v) is 1.83. The number of Topliss-reactive ketones (excluding diaryl/α,β-unsaturated/α-hetero) is 1. The van der Waals surface area contributed by atoms with Crippen LogP contribution in [0, 0.1) is 0 Å². The van der Waals surface area contributed by atoms with Gasteiger partial charge in [0.2, 0.25) is 0 Å². The highest BCUT2D eigenvalue weighted by atomic mass is 16.5. The molecular weight excluding hydrogens is 192 g/mol. The molecule has 0 aliphatic heterocycles. The zero-order valence-electron chi connectivity index (χ0n) is 9.58. The largest absolute Gasteiger partial charge is 0.466 e. The number of ether oxygens (including phenoxy) is 1. The van der Waals surface area contributed by atoms with E-state index in [2.05, 4.69) is 4.74 Å². The molecule has 0 rings (SSSR count). The van der Waals surface area contributed by atoms with Gasteiger partial charge in [-0.25, -0.2) is 0 Å². The Hall–Kier alpha value is -1.38. The summed E-state index contributed by atoms with van der Waals surface area (Å²) in [6, 6.07) is 0. The van der Waals surface area contributed by atoms with Crippen molar-refractivity contribution >= 4 is 11.8 Å². The first kappa shape index (κ1) is 13.6. The van der Waals surface area contributed by atoms with E-state index in [-0.39, 0.29) is 18.6 Å². The van der Waals surface area contributed by atoms with Gasteiger partial charge in [-0.3, -0.25) is 9.59 Å². The number of carbonyl (C=O) groups is 2. The van der Waals surface area contributed by atoms with Crippen LogP contribution in [0.15, 0.2) is 23.8 Å². The van der Waals surface area contributed by atoms with Crippen LogP contribution >= 0.6 is 0 Å². The van der Waals surface area contributed by atoms with Gasteiger partial charge < -0.3 is 4.74 Å². The molecule has 0 spiro atoms. The summed E-state index contributed by atoms with van der Waals surface area (Å²) in [5.74, 6) is -0.563. The maximum absolute atomic E-state index is 11.2. The van der Waals surface area contributed by atoms with E-state index in [9.17, 15) is 9.59 Å². The maximum Gasteiger partial charge on any atom is 0.313 e. The standard InChI is InChI=1S/C12H18O3/c1-4-10(3)7-6-8-11(13)9-12(14)15-5-2/h4,6-7H,5,8-9H2,1-3H3/b7-6-,10-4-. The number of hydrogen-bond acceptors (Lipinski definition) is 3. The van der Waals surface area contributed by atoms with Crippen LogP contribution in [0.3, 0.4) is 0 Å². The molecule has 0 bridgehead atoms. The molecule has 0 unspecified atom stereocenters. The quantitative estimate of drug-likeness (QED) is 0.384. The lowest BCUT2D eigenvalue weighted by Gasteiger charge is -1.98. The summed E-state index contributed by atoms with van der Waals surface area (Å²) in [6.45, 7) is 5.92. The summed E-state index contributed by atoms with van der Waals surface area (Å²) in [7, 11) is 0. The SMILES string of the molecule is C/C=C(C)\C=C/CC(=O)CC(=O)OCC. The predicted molar refractivity (Wildman–Crippen MR) is 59.4 cm³/mol. The van der Waals surface area contributed by atoms with Crippen LogP contribution in [0.4, 0.5) is 0 Å². The maximum atomic E-state index is 11.2. The molecule has 0 aliphatic rings. The number of allylic oxidation sites excluding steroid dienone is 4. The molecule has 0 aromatic carbocycles. The van der Waals surface area contributed by atoms with Crippen LogP contribution in [-0.4, -0.2) is 18.4 Å². The van der Waals surface area contributed by atoms with Crippen molar-refractivity contribution in [3.8, 4) is 0 Å². The minimum atomic E-state index is -0.446.